The van der Waals surface area contributed by atoms with Crippen LogP contribution in [0.4, 0.5) is 4.39 Å². The van der Waals surface area contributed by atoms with Crippen molar-refractivity contribution in [1.29, 1.82) is 0 Å². The van der Waals surface area contributed by atoms with Gasteiger partial charge in [0.1, 0.15) is 12.4 Å². The first-order valence-electron chi connectivity index (χ1n) is 9.21. The van der Waals surface area contributed by atoms with E-state index in [0.717, 1.165) is 25.2 Å². The molecule has 0 aromatic heterocycles. The normalized spacial score (nSPS) is 13.9. The molecule has 1 aliphatic heterocycles. The molecular weight excluding hydrogens is 402 g/mol. The molecule has 7 heteroatoms. The van der Waals surface area contributed by atoms with Gasteiger partial charge in [-0.1, -0.05) is 30.3 Å². The number of rotatable bonds is 8. The molecule has 0 atom stereocenters. The topological polar surface area (TPSA) is 42.5 Å². The summed E-state index contributed by atoms with van der Waals surface area (Å²) in [4.78, 5) is 0. The molecule has 0 aliphatic carbocycles. The Balaban J connectivity index is 0.00000196. The molecule has 2 aromatic rings. The van der Waals surface area contributed by atoms with Gasteiger partial charge in [-0.3, -0.25) is 0 Å². The lowest BCUT2D eigenvalue weighted by molar-refractivity contribution is 0.275. The van der Waals surface area contributed by atoms with E-state index >= 15 is 0 Å². The molecule has 2 N–H and O–H groups in total. The van der Waals surface area contributed by atoms with Gasteiger partial charge >= 0.3 is 0 Å². The third kappa shape index (κ3) is 6.82. The Morgan fingerprint density at radius 2 is 1.75 bits per heavy atom. The molecule has 0 radical (unpaired) electrons. The molecule has 28 heavy (non-hydrogen) atoms. The van der Waals surface area contributed by atoms with Gasteiger partial charge in [0.05, 0.1) is 7.11 Å². The minimum Gasteiger partial charge on any atom is -0.493 e. The zero-order chi connectivity index (χ0) is 18.2. The predicted octanol–water partition coefficient (Wildman–Crippen LogP) is 4.35. The lowest BCUT2D eigenvalue weighted by atomic mass is 9.98. The molecule has 2 aromatic carbocycles. The van der Waals surface area contributed by atoms with Crippen LogP contribution in [0, 0.1) is 11.7 Å². The van der Waals surface area contributed by atoms with Crippen LogP contribution < -0.4 is 20.1 Å². The first-order chi connectivity index (χ1) is 12.8. The molecule has 3 rings (SSSR count). The Bertz CT molecular complexity index is 713. The van der Waals surface area contributed by atoms with Crippen molar-refractivity contribution >= 4 is 24.8 Å². The Hall–Kier alpha value is -1.53. The largest absolute Gasteiger partial charge is 0.493 e. The van der Waals surface area contributed by atoms with Crippen LogP contribution in [0.3, 0.4) is 0 Å². The lowest BCUT2D eigenvalue weighted by Gasteiger charge is -2.23. The van der Waals surface area contributed by atoms with Crippen LogP contribution in [-0.2, 0) is 13.2 Å². The highest BCUT2D eigenvalue weighted by Crippen LogP contribution is 2.32. The second-order valence-corrected chi connectivity index (χ2v) is 6.65. The van der Waals surface area contributed by atoms with Crippen molar-refractivity contribution in [2.75, 3.05) is 26.7 Å². The molecule has 156 valence electrons. The van der Waals surface area contributed by atoms with Crippen molar-refractivity contribution in [2.45, 2.75) is 26.0 Å². The van der Waals surface area contributed by atoms with E-state index in [2.05, 4.69) is 10.6 Å². The molecular formula is C21H29Cl2FN2O2. The molecule has 1 aliphatic rings. The van der Waals surface area contributed by atoms with Gasteiger partial charge in [-0.15, -0.1) is 24.8 Å². The summed E-state index contributed by atoms with van der Waals surface area (Å²) in [6, 6.07) is 12.5. The minimum absolute atomic E-state index is 0. The third-order valence-corrected chi connectivity index (χ3v) is 4.82. The van der Waals surface area contributed by atoms with Crippen LogP contribution in [0.5, 0.6) is 11.5 Å². The number of ether oxygens (including phenoxy) is 2. The van der Waals surface area contributed by atoms with Gasteiger partial charge in [-0.25, -0.2) is 4.39 Å². The monoisotopic (exact) mass is 430 g/mol. The first kappa shape index (κ1) is 24.5. The zero-order valence-corrected chi connectivity index (χ0v) is 17.7. The standard InChI is InChI=1S/C21H27FN2O2.2ClH/c1-25-20-8-4-6-17(14-24-13-16-9-11-23-12-10-16)21(20)26-15-18-5-2-3-7-19(18)22;;/h2-8,16,23-24H,9-15H2,1H3;2*1H. The van der Waals surface area contributed by atoms with Crippen molar-refractivity contribution in [2.24, 2.45) is 5.92 Å². The van der Waals surface area contributed by atoms with Gasteiger partial charge in [0.2, 0.25) is 0 Å². The highest BCUT2D eigenvalue weighted by atomic mass is 35.5. The SMILES string of the molecule is COc1cccc(CNCC2CCNCC2)c1OCc1ccccc1F.Cl.Cl. The van der Waals surface area contributed by atoms with Crippen LogP contribution in [0.15, 0.2) is 42.5 Å². The molecule has 0 amide bonds. The van der Waals surface area contributed by atoms with E-state index in [1.807, 2.05) is 24.3 Å². The average Bonchev–Trinajstić information content (AvgIpc) is 2.68. The highest BCUT2D eigenvalue weighted by Gasteiger charge is 2.15. The molecule has 1 fully saturated rings. The number of para-hydroxylation sites is 1. The smallest absolute Gasteiger partial charge is 0.166 e. The predicted molar refractivity (Wildman–Crippen MR) is 116 cm³/mol. The van der Waals surface area contributed by atoms with Crippen molar-refractivity contribution < 1.29 is 13.9 Å². The molecule has 0 unspecified atom stereocenters. The lowest BCUT2D eigenvalue weighted by Crippen LogP contribution is -2.33. The number of benzene rings is 2. The number of hydrogen-bond acceptors (Lipinski definition) is 4. The Kier molecular flexibility index (Phi) is 11.2. The minimum atomic E-state index is -0.256. The highest BCUT2D eigenvalue weighted by molar-refractivity contribution is 5.85. The average molecular weight is 431 g/mol. The quantitative estimate of drug-likeness (QED) is 0.653. The zero-order valence-electron chi connectivity index (χ0n) is 16.1. The van der Waals surface area contributed by atoms with Crippen LogP contribution in [0.2, 0.25) is 0 Å². The fourth-order valence-electron chi connectivity index (χ4n) is 3.29. The first-order valence-corrected chi connectivity index (χ1v) is 9.21. The van der Waals surface area contributed by atoms with E-state index in [9.17, 15) is 4.39 Å². The Labute approximate surface area is 179 Å². The summed E-state index contributed by atoms with van der Waals surface area (Å²) in [5.74, 6) is 1.80. The van der Waals surface area contributed by atoms with Gasteiger partial charge < -0.3 is 20.1 Å². The maximum atomic E-state index is 13.9. The number of piperidine rings is 1. The van der Waals surface area contributed by atoms with Gasteiger partial charge in [-0.05, 0) is 50.5 Å². The van der Waals surface area contributed by atoms with Gasteiger partial charge in [0.15, 0.2) is 11.5 Å². The fraction of sp³-hybridized carbons (Fsp3) is 0.429. The number of halogens is 3. The van der Waals surface area contributed by atoms with E-state index in [0.29, 0.717) is 29.5 Å². The molecule has 0 saturated carbocycles. The maximum Gasteiger partial charge on any atom is 0.166 e. The summed E-state index contributed by atoms with van der Waals surface area (Å²) in [6.07, 6.45) is 2.42. The van der Waals surface area contributed by atoms with E-state index in [-0.39, 0.29) is 37.2 Å². The molecule has 0 spiro atoms. The van der Waals surface area contributed by atoms with Crippen molar-refractivity contribution in [3.63, 3.8) is 0 Å². The molecule has 1 saturated heterocycles. The van der Waals surface area contributed by atoms with Crippen molar-refractivity contribution in [3.05, 3.63) is 59.4 Å². The van der Waals surface area contributed by atoms with Crippen molar-refractivity contribution in [3.8, 4) is 11.5 Å². The number of hydrogen-bond donors (Lipinski definition) is 2. The van der Waals surface area contributed by atoms with E-state index in [4.69, 9.17) is 9.47 Å². The molecule has 4 nitrogen and oxygen atoms in total. The summed E-state index contributed by atoms with van der Waals surface area (Å²) in [5.41, 5.74) is 1.56. The van der Waals surface area contributed by atoms with E-state index < -0.39 is 0 Å². The van der Waals surface area contributed by atoms with E-state index in [1.165, 1.54) is 18.9 Å². The molecule has 0 bridgehead atoms. The van der Waals surface area contributed by atoms with Crippen LogP contribution in [0.25, 0.3) is 0 Å². The second kappa shape index (κ2) is 12.8. The summed E-state index contributed by atoms with van der Waals surface area (Å²) in [7, 11) is 1.62. The summed E-state index contributed by atoms with van der Waals surface area (Å²) in [6.45, 7) is 4.07. The summed E-state index contributed by atoms with van der Waals surface area (Å²) >= 11 is 0. The molecule has 1 heterocycles. The maximum absolute atomic E-state index is 13.9. The van der Waals surface area contributed by atoms with Crippen LogP contribution >= 0.6 is 24.8 Å². The van der Waals surface area contributed by atoms with Crippen LogP contribution in [-0.4, -0.2) is 26.7 Å². The fourth-order valence-corrected chi connectivity index (χ4v) is 3.29. The summed E-state index contributed by atoms with van der Waals surface area (Å²) in [5, 5.41) is 6.92. The summed E-state index contributed by atoms with van der Waals surface area (Å²) < 4.78 is 25.3. The van der Waals surface area contributed by atoms with Crippen molar-refractivity contribution in [1.82, 2.24) is 10.6 Å². The second-order valence-electron chi connectivity index (χ2n) is 6.65. The number of methoxy groups -OCH3 is 1. The Morgan fingerprint density at radius 3 is 2.46 bits per heavy atom. The Morgan fingerprint density at radius 1 is 1.04 bits per heavy atom. The van der Waals surface area contributed by atoms with Gasteiger partial charge in [-0.2, -0.15) is 0 Å². The van der Waals surface area contributed by atoms with Gasteiger partial charge in [0, 0.05) is 17.7 Å². The third-order valence-electron chi connectivity index (χ3n) is 4.82. The van der Waals surface area contributed by atoms with Crippen LogP contribution in [0.1, 0.15) is 24.0 Å². The van der Waals surface area contributed by atoms with E-state index in [1.54, 1.807) is 19.2 Å². The number of nitrogens with one attached hydrogen (secondary N) is 2. The van der Waals surface area contributed by atoms with Gasteiger partial charge in [0.25, 0.3) is 0 Å².